The molecule has 0 spiro atoms. The molecule has 64 valence electrons. The summed E-state index contributed by atoms with van der Waals surface area (Å²) in [6, 6.07) is 0. The van der Waals surface area contributed by atoms with Crippen LogP contribution in [0.5, 0.6) is 0 Å². The van der Waals surface area contributed by atoms with Gasteiger partial charge in [-0.25, -0.2) is 0 Å². The van der Waals surface area contributed by atoms with Crippen LogP contribution >= 0.6 is 0 Å². The number of rotatable bonds is 4. The maximum Gasteiger partial charge on any atom is 1.00 e. The summed E-state index contributed by atoms with van der Waals surface area (Å²) in [5, 5.41) is 20.5. The average molecular weight is 204 g/mol. The van der Waals surface area contributed by atoms with E-state index in [9.17, 15) is 19.8 Å². The number of carboxylic acid groups (broad SMARTS) is 2. The van der Waals surface area contributed by atoms with Crippen molar-refractivity contribution in [2.45, 2.75) is 26.7 Å². The van der Waals surface area contributed by atoms with Crippen molar-refractivity contribution in [3.05, 3.63) is 0 Å². The Balaban J connectivity index is -0.000000500. The Morgan fingerprint density at radius 2 is 1.62 bits per heavy atom. The van der Waals surface area contributed by atoms with Gasteiger partial charge in [-0.3, -0.25) is 0 Å². The molecule has 0 aromatic carbocycles. The van der Waals surface area contributed by atoms with Gasteiger partial charge in [0.2, 0.25) is 0 Å². The van der Waals surface area contributed by atoms with Crippen LogP contribution in [0.4, 0.5) is 0 Å². The monoisotopic (exact) mass is 204 g/mol. The van der Waals surface area contributed by atoms with Gasteiger partial charge in [0.1, 0.15) is 0 Å². The van der Waals surface area contributed by atoms with E-state index in [-0.39, 0.29) is 65.5 Å². The topological polar surface area (TPSA) is 80.3 Å². The summed E-state index contributed by atoms with van der Waals surface area (Å²) >= 11 is 0. The molecule has 6 heteroatoms. The van der Waals surface area contributed by atoms with Gasteiger partial charge in [-0.2, -0.15) is 0 Å². The number of hydrogen-bond acceptors (Lipinski definition) is 4. The summed E-state index contributed by atoms with van der Waals surface area (Å²) in [5.41, 5.74) is -1.29. The Kier molecular flexibility index (Phi) is 12.4. The van der Waals surface area contributed by atoms with Gasteiger partial charge in [0.25, 0.3) is 0 Å². The van der Waals surface area contributed by atoms with Gasteiger partial charge in [-0.05, 0) is 12.8 Å². The van der Waals surface area contributed by atoms with Gasteiger partial charge in [0.05, 0.1) is 0 Å². The molecule has 0 aliphatic rings. The maximum absolute atomic E-state index is 10.4. The Hall–Kier alpha value is 0.940. The smallest absolute Gasteiger partial charge is 0.550 e. The third-order valence-electron chi connectivity index (χ3n) is 1.81. The van der Waals surface area contributed by atoms with Gasteiger partial charge < -0.3 is 19.8 Å². The fourth-order valence-corrected chi connectivity index (χ4v) is 0.660. The largest absolute Gasteiger partial charge is 1.00 e. The van der Waals surface area contributed by atoms with E-state index in [2.05, 4.69) is 0 Å². The van der Waals surface area contributed by atoms with Gasteiger partial charge >= 0.3 is 59.1 Å². The number of hydrogen-bond donors (Lipinski definition) is 0. The number of carboxylic acids is 2. The van der Waals surface area contributed by atoms with Crippen LogP contribution in [-0.2, 0) is 9.59 Å². The predicted molar refractivity (Wildman–Crippen MR) is 33.0 cm³/mol. The zero-order chi connectivity index (χ0) is 9.07. The first kappa shape index (κ1) is 19.5. The van der Waals surface area contributed by atoms with Gasteiger partial charge in [-0.1, -0.05) is 13.8 Å². The average Bonchev–Trinajstić information content (AvgIpc) is 1.86. The minimum absolute atomic E-state index is 0. The van der Waals surface area contributed by atoms with E-state index in [0.29, 0.717) is 0 Å². The van der Waals surface area contributed by atoms with E-state index >= 15 is 0 Å². The van der Waals surface area contributed by atoms with Gasteiger partial charge in [0.15, 0.2) is 0 Å². The van der Waals surface area contributed by atoms with Crippen molar-refractivity contribution in [3.8, 4) is 0 Å². The van der Waals surface area contributed by atoms with Crippen molar-refractivity contribution < 1.29 is 78.9 Å². The molecule has 0 amide bonds. The van der Waals surface area contributed by atoms with Gasteiger partial charge in [0, 0.05) is 17.4 Å². The zero-order valence-corrected chi connectivity index (χ0v) is 12.5. The van der Waals surface area contributed by atoms with Crippen LogP contribution in [0, 0.1) is 5.41 Å². The third-order valence-corrected chi connectivity index (χ3v) is 1.81. The first-order valence-corrected chi connectivity index (χ1v) is 3.33. The second-order valence-electron chi connectivity index (χ2n) is 2.75. The zero-order valence-electron chi connectivity index (χ0n) is 8.55. The summed E-state index contributed by atoms with van der Waals surface area (Å²) in [6.07, 6.45) is -0.269. The molecule has 0 aliphatic carbocycles. The molecular formula is C7H10Na2O4. The fourth-order valence-electron chi connectivity index (χ4n) is 0.660. The van der Waals surface area contributed by atoms with E-state index in [4.69, 9.17) is 0 Å². The van der Waals surface area contributed by atoms with Crippen molar-refractivity contribution in [2.24, 2.45) is 5.41 Å². The van der Waals surface area contributed by atoms with E-state index in [1.807, 2.05) is 0 Å². The molecule has 0 saturated heterocycles. The first-order chi connectivity index (χ1) is 4.92. The Bertz CT molecular complexity index is 183. The molecule has 0 fully saturated rings. The Morgan fingerprint density at radius 3 is 1.69 bits per heavy atom. The minimum Gasteiger partial charge on any atom is -0.550 e. The molecule has 0 radical (unpaired) electrons. The normalized spacial score (nSPS) is 13.1. The minimum atomic E-state index is -1.36. The second-order valence-corrected chi connectivity index (χ2v) is 2.75. The number of carbonyl (C=O) groups excluding carboxylic acids is 2. The molecule has 0 saturated carbocycles. The molecule has 4 nitrogen and oxygen atoms in total. The Morgan fingerprint density at radius 1 is 1.23 bits per heavy atom. The van der Waals surface area contributed by atoms with Crippen molar-refractivity contribution in [1.82, 2.24) is 0 Å². The molecule has 0 bridgehead atoms. The summed E-state index contributed by atoms with van der Waals surface area (Å²) in [4.78, 5) is 20.5. The number of aliphatic carboxylic acids is 2. The second kappa shape index (κ2) is 8.26. The molecule has 1 unspecified atom stereocenters. The number of carbonyl (C=O) groups is 2. The maximum atomic E-state index is 10.4. The van der Waals surface area contributed by atoms with Crippen LogP contribution in [0.15, 0.2) is 0 Å². The van der Waals surface area contributed by atoms with Crippen LogP contribution < -0.4 is 69.3 Å². The van der Waals surface area contributed by atoms with E-state index in [0.717, 1.165) is 0 Å². The fraction of sp³-hybridized carbons (Fsp3) is 0.714. The molecule has 0 aromatic heterocycles. The third kappa shape index (κ3) is 6.94. The molecule has 0 aromatic rings. The van der Waals surface area contributed by atoms with Crippen LogP contribution in [0.3, 0.4) is 0 Å². The van der Waals surface area contributed by atoms with E-state index in [1.54, 1.807) is 6.92 Å². The van der Waals surface area contributed by atoms with Crippen molar-refractivity contribution in [3.63, 3.8) is 0 Å². The van der Waals surface area contributed by atoms with Crippen molar-refractivity contribution in [1.29, 1.82) is 0 Å². The standard InChI is InChI=1S/C7H12O4.2Na/c1-3-7(2,6(10)11)4-5(8)9;;/h3-4H2,1-2H3,(H,8,9)(H,10,11);;/q;2*+1/p-2. The molecule has 13 heavy (non-hydrogen) atoms. The van der Waals surface area contributed by atoms with Crippen LogP contribution in [-0.4, -0.2) is 11.9 Å². The first-order valence-electron chi connectivity index (χ1n) is 3.33. The summed E-state index contributed by atoms with van der Waals surface area (Å²) in [5.74, 6) is -2.71. The molecule has 1 atom stereocenters. The van der Waals surface area contributed by atoms with E-state index in [1.165, 1.54) is 6.92 Å². The molecule has 0 aliphatic heterocycles. The quantitative estimate of drug-likeness (QED) is 0.426. The molecular weight excluding hydrogens is 194 g/mol. The van der Waals surface area contributed by atoms with Crippen molar-refractivity contribution in [2.75, 3.05) is 0 Å². The summed E-state index contributed by atoms with van der Waals surface area (Å²) < 4.78 is 0. The van der Waals surface area contributed by atoms with Gasteiger partial charge in [-0.15, -0.1) is 0 Å². The van der Waals surface area contributed by atoms with Crippen LogP contribution in [0.1, 0.15) is 26.7 Å². The molecule has 0 heterocycles. The van der Waals surface area contributed by atoms with Crippen molar-refractivity contribution >= 4 is 11.9 Å². The predicted octanol–water partition coefficient (Wildman–Crippen LogP) is -7.70. The molecule has 0 N–H and O–H groups in total. The molecule has 0 rings (SSSR count). The summed E-state index contributed by atoms with van der Waals surface area (Å²) in [6.45, 7) is 2.93. The Labute approximate surface area is 122 Å². The van der Waals surface area contributed by atoms with Crippen LogP contribution in [0.2, 0.25) is 0 Å². The SMILES string of the molecule is CCC(C)(CC(=O)[O-])C(=O)[O-].[Na+].[Na+]. The summed E-state index contributed by atoms with van der Waals surface area (Å²) in [7, 11) is 0. The van der Waals surface area contributed by atoms with E-state index < -0.39 is 23.8 Å². The van der Waals surface area contributed by atoms with Crippen LogP contribution in [0.25, 0.3) is 0 Å².